The molecule has 29 heavy (non-hydrogen) atoms. The highest BCUT2D eigenvalue weighted by atomic mass is 32.2. The Hall–Kier alpha value is -3.08. The van der Waals surface area contributed by atoms with Crippen molar-refractivity contribution in [2.24, 2.45) is 5.16 Å². The summed E-state index contributed by atoms with van der Waals surface area (Å²) in [5, 5.41) is 13.7. The summed E-state index contributed by atoms with van der Waals surface area (Å²) in [5.74, 6) is 0. The molecular weight excluding hydrogens is 413 g/mol. The fourth-order valence-electron chi connectivity index (χ4n) is 2.30. The van der Waals surface area contributed by atoms with Crippen LogP contribution < -0.4 is 5.32 Å². The molecule has 0 spiro atoms. The van der Waals surface area contributed by atoms with E-state index in [2.05, 4.69) is 14.8 Å². The van der Waals surface area contributed by atoms with Gasteiger partial charge in [0.15, 0.2) is 5.71 Å². The highest BCUT2D eigenvalue weighted by Gasteiger charge is 2.38. The number of nitrogens with zero attached hydrogens (tertiary/aromatic N) is 1. The van der Waals surface area contributed by atoms with Gasteiger partial charge in [-0.1, -0.05) is 47.1 Å². The fraction of sp³-hybridized carbons (Fsp3) is 0.222. The molecule has 0 bridgehead atoms. The van der Waals surface area contributed by atoms with Crippen molar-refractivity contribution in [3.8, 4) is 0 Å². The molecule has 0 saturated heterocycles. The van der Waals surface area contributed by atoms with Crippen LogP contribution in [0.4, 0.5) is 18.0 Å². The van der Waals surface area contributed by atoms with Crippen molar-refractivity contribution in [1.82, 2.24) is 5.32 Å². The number of amides is 1. The van der Waals surface area contributed by atoms with Crippen LogP contribution >= 0.6 is 0 Å². The molecule has 0 aromatic heterocycles. The number of nitrogens with one attached hydrogen (secondary N) is 1. The molecule has 1 unspecified atom stereocenters. The van der Waals surface area contributed by atoms with Gasteiger partial charge in [-0.25, -0.2) is 4.79 Å². The third kappa shape index (κ3) is 5.95. The molecule has 0 aliphatic carbocycles. The molecule has 2 aromatic rings. The van der Waals surface area contributed by atoms with Crippen LogP contribution in [-0.4, -0.2) is 31.5 Å². The third-order valence-corrected chi connectivity index (χ3v) is 4.95. The second-order valence-corrected chi connectivity index (χ2v) is 7.60. The molecule has 0 radical (unpaired) electrons. The Morgan fingerprint density at radius 3 is 2.14 bits per heavy atom. The van der Waals surface area contributed by atoms with Gasteiger partial charge in [0.25, 0.3) is 0 Å². The lowest BCUT2D eigenvalue weighted by molar-refractivity contribution is -0.0597. The van der Waals surface area contributed by atoms with Gasteiger partial charge in [-0.05, 0) is 31.5 Å². The lowest BCUT2D eigenvalue weighted by Gasteiger charge is -2.14. The van der Waals surface area contributed by atoms with Crippen LogP contribution in [0.25, 0.3) is 0 Å². The van der Waals surface area contributed by atoms with Gasteiger partial charge in [0.05, 0.1) is 6.04 Å². The molecule has 7 nitrogen and oxygen atoms in total. The van der Waals surface area contributed by atoms with Gasteiger partial charge < -0.3 is 10.4 Å². The summed E-state index contributed by atoms with van der Waals surface area (Å²) in [6.07, 6.45) is -6.27. The fourth-order valence-corrected chi connectivity index (χ4v) is 3.03. The van der Waals surface area contributed by atoms with Gasteiger partial charge >= 0.3 is 22.4 Å². The summed E-state index contributed by atoms with van der Waals surface area (Å²) in [6.45, 7) is 3.23. The second kappa shape index (κ2) is 8.52. The van der Waals surface area contributed by atoms with E-state index in [1.807, 2.05) is 0 Å². The molecule has 0 aliphatic rings. The Morgan fingerprint density at radius 2 is 1.66 bits per heavy atom. The largest absolute Gasteiger partial charge is 0.465 e. The number of hydrogen-bond donors (Lipinski definition) is 2. The van der Waals surface area contributed by atoms with Crippen molar-refractivity contribution in [2.45, 2.75) is 31.0 Å². The van der Waals surface area contributed by atoms with Crippen LogP contribution in [0, 0.1) is 6.92 Å². The number of benzene rings is 2. The van der Waals surface area contributed by atoms with Crippen LogP contribution in [0.2, 0.25) is 0 Å². The normalized spacial score (nSPS) is 13.6. The van der Waals surface area contributed by atoms with Crippen molar-refractivity contribution < 1.29 is 35.8 Å². The first-order valence-corrected chi connectivity index (χ1v) is 9.56. The van der Waals surface area contributed by atoms with Gasteiger partial charge in [-0.15, -0.1) is 0 Å². The Labute approximate surface area is 164 Å². The molecular formula is C18H17F3N2O5S. The predicted octanol–water partition coefficient (Wildman–Crippen LogP) is 4.00. The first-order valence-electron chi connectivity index (χ1n) is 8.15. The minimum atomic E-state index is -4.99. The molecule has 156 valence electrons. The van der Waals surface area contributed by atoms with Crippen molar-refractivity contribution in [2.75, 3.05) is 0 Å². The Morgan fingerprint density at radius 1 is 1.10 bits per heavy atom. The summed E-state index contributed by atoms with van der Waals surface area (Å²) in [6, 6.07) is 9.29. The topological polar surface area (TPSA) is 105 Å². The number of oxime groups is 1. The van der Waals surface area contributed by atoms with E-state index in [-0.39, 0.29) is 4.90 Å². The molecule has 1 atom stereocenters. The minimum Gasteiger partial charge on any atom is -0.465 e. The lowest BCUT2D eigenvalue weighted by atomic mass is 10.0. The second-order valence-electron chi connectivity index (χ2n) is 6.07. The Balaban J connectivity index is 2.32. The van der Waals surface area contributed by atoms with Gasteiger partial charge in [-0.3, -0.25) is 4.28 Å². The van der Waals surface area contributed by atoms with Crippen LogP contribution in [-0.2, 0) is 14.4 Å². The zero-order chi connectivity index (χ0) is 21.8. The van der Waals surface area contributed by atoms with Gasteiger partial charge in [-0.2, -0.15) is 21.6 Å². The average molecular weight is 430 g/mol. The third-order valence-electron chi connectivity index (χ3n) is 3.83. The number of carboxylic acid groups (broad SMARTS) is 1. The Bertz CT molecular complexity index is 1000. The number of carbonyl (C=O) groups is 1. The zero-order valence-electron chi connectivity index (χ0n) is 15.3. The number of alkyl halides is 3. The van der Waals surface area contributed by atoms with Crippen molar-refractivity contribution >= 4 is 21.9 Å². The maximum atomic E-state index is 13.4. The van der Waals surface area contributed by atoms with Gasteiger partial charge in [0.1, 0.15) is 4.90 Å². The summed E-state index contributed by atoms with van der Waals surface area (Å²) < 4.78 is 68.6. The van der Waals surface area contributed by atoms with E-state index in [1.165, 1.54) is 43.3 Å². The smallest absolute Gasteiger partial charge is 0.437 e. The number of hydrogen-bond acceptors (Lipinski definition) is 5. The van der Waals surface area contributed by atoms with E-state index >= 15 is 0 Å². The van der Waals surface area contributed by atoms with Crippen molar-refractivity contribution in [3.05, 3.63) is 65.2 Å². The lowest BCUT2D eigenvalue weighted by Crippen LogP contribution is -2.26. The van der Waals surface area contributed by atoms with E-state index in [0.717, 1.165) is 17.7 Å². The van der Waals surface area contributed by atoms with Crippen LogP contribution in [0.15, 0.2) is 58.6 Å². The number of rotatable bonds is 6. The highest BCUT2D eigenvalue weighted by Crippen LogP contribution is 2.25. The molecule has 0 aliphatic heterocycles. The van der Waals surface area contributed by atoms with Crippen molar-refractivity contribution in [3.63, 3.8) is 0 Å². The summed E-state index contributed by atoms with van der Waals surface area (Å²) in [5.41, 5.74) is -0.817. The van der Waals surface area contributed by atoms with Crippen LogP contribution in [0.3, 0.4) is 0 Å². The first-order chi connectivity index (χ1) is 13.4. The molecule has 0 heterocycles. The van der Waals surface area contributed by atoms with E-state index in [4.69, 9.17) is 5.11 Å². The predicted molar refractivity (Wildman–Crippen MR) is 98.1 cm³/mol. The molecule has 1 amide bonds. The van der Waals surface area contributed by atoms with Crippen molar-refractivity contribution in [1.29, 1.82) is 0 Å². The highest BCUT2D eigenvalue weighted by molar-refractivity contribution is 7.86. The zero-order valence-corrected chi connectivity index (χ0v) is 16.1. The van der Waals surface area contributed by atoms with E-state index in [1.54, 1.807) is 6.92 Å². The van der Waals surface area contributed by atoms with Gasteiger partial charge in [0, 0.05) is 5.56 Å². The Kier molecular flexibility index (Phi) is 6.52. The van der Waals surface area contributed by atoms with E-state index in [0.29, 0.717) is 5.56 Å². The first kappa shape index (κ1) is 22.2. The van der Waals surface area contributed by atoms with Crippen LogP contribution in [0.1, 0.15) is 29.7 Å². The standard InChI is InChI=1S/C18H17F3N2O5S/c1-11-3-9-15(10-4-11)29(26,27)28-23-16(18(19,20)21)14-7-5-13(6-8-14)12(2)22-17(24)25/h3-10,12,22H,1-2H3,(H,24,25). The quantitative estimate of drug-likeness (QED) is 0.533. The van der Waals surface area contributed by atoms with E-state index < -0.39 is 39.7 Å². The number of halogens is 3. The summed E-state index contributed by atoms with van der Waals surface area (Å²) >= 11 is 0. The maximum Gasteiger partial charge on any atom is 0.437 e. The number of aryl methyl sites for hydroxylation is 1. The van der Waals surface area contributed by atoms with Gasteiger partial charge in [0.2, 0.25) is 0 Å². The summed E-state index contributed by atoms with van der Waals surface area (Å²) in [7, 11) is -4.54. The summed E-state index contributed by atoms with van der Waals surface area (Å²) in [4.78, 5) is 10.3. The molecule has 0 fully saturated rings. The molecule has 11 heteroatoms. The van der Waals surface area contributed by atoms with Crippen LogP contribution in [0.5, 0.6) is 0 Å². The monoisotopic (exact) mass is 430 g/mol. The molecule has 0 saturated carbocycles. The molecule has 2 rings (SSSR count). The SMILES string of the molecule is Cc1ccc(S(=O)(=O)ON=C(c2ccc(C(C)NC(=O)O)cc2)C(F)(F)F)cc1. The van der Waals surface area contributed by atoms with E-state index in [9.17, 15) is 26.4 Å². The molecule has 2 aromatic carbocycles. The average Bonchev–Trinajstić information content (AvgIpc) is 2.61. The molecule has 2 N–H and O–H groups in total. The minimum absolute atomic E-state index is 0.336. The maximum absolute atomic E-state index is 13.4.